The van der Waals surface area contributed by atoms with Gasteiger partial charge < -0.3 is 9.47 Å². The maximum absolute atomic E-state index is 13.5. The van der Waals surface area contributed by atoms with Crippen molar-refractivity contribution in [2.75, 3.05) is 13.7 Å². The van der Waals surface area contributed by atoms with Crippen LogP contribution in [0.5, 0.6) is 0 Å². The molecular formula is C28H23N3O4. The summed E-state index contributed by atoms with van der Waals surface area (Å²) in [6, 6.07) is 23.7. The van der Waals surface area contributed by atoms with Gasteiger partial charge >= 0.3 is 11.9 Å². The molecule has 3 aromatic rings. The van der Waals surface area contributed by atoms with Gasteiger partial charge in [0.05, 0.1) is 36.8 Å². The van der Waals surface area contributed by atoms with Gasteiger partial charge in [-0.25, -0.2) is 0 Å². The third-order valence-electron chi connectivity index (χ3n) is 5.68. The summed E-state index contributed by atoms with van der Waals surface area (Å²) in [6.07, 6.45) is 2.31. The number of benzene rings is 2. The van der Waals surface area contributed by atoms with Crippen molar-refractivity contribution in [2.24, 2.45) is 5.41 Å². The van der Waals surface area contributed by atoms with Crippen LogP contribution in [-0.4, -0.2) is 30.6 Å². The summed E-state index contributed by atoms with van der Waals surface area (Å²) in [5.41, 5.74) is 0.0540. The first-order valence-electron chi connectivity index (χ1n) is 10.8. The van der Waals surface area contributed by atoms with Crippen LogP contribution in [0.4, 0.5) is 0 Å². The zero-order chi connectivity index (χ0) is 25.3. The van der Waals surface area contributed by atoms with E-state index in [1.165, 1.54) is 12.3 Å². The molecule has 1 aromatic heterocycles. The number of esters is 2. The average Bonchev–Trinajstić information content (AvgIpc) is 2.91. The molecule has 0 aliphatic carbocycles. The number of hydrogen-bond donors (Lipinski definition) is 0. The molecule has 0 radical (unpaired) electrons. The molecule has 7 nitrogen and oxygen atoms in total. The van der Waals surface area contributed by atoms with Crippen LogP contribution in [0.3, 0.4) is 0 Å². The fourth-order valence-electron chi connectivity index (χ4n) is 4.13. The van der Waals surface area contributed by atoms with Crippen molar-refractivity contribution < 1.29 is 19.1 Å². The summed E-state index contributed by atoms with van der Waals surface area (Å²) in [5.74, 6) is -3.07. The zero-order valence-electron chi connectivity index (χ0n) is 19.2. The number of methoxy groups -OCH3 is 1. The van der Waals surface area contributed by atoms with Crippen LogP contribution in [0, 0.1) is 28.1 Å². The molecule has 0 spiro atoms. The Morgan fingerprint density at radius 1 is 1.06 bits per heavy atom. The number of pyridine rings is 1. The number of aromatic nitrogens is 1. The molecule has 0 fully saturated rings. The second-order valence-corrected chi connectivity index (χ2v) is 7.63. The van der Waals surface area contributed by atoms with E-state index in [9.17, 15) is 20.1 Å². The van der Waals surface area contributed by atoms with Crippen LogP contribution in [0.15, 0.2) is 85.6 Å². The molecule has 2 aromatic carbocycles. The fraction of sp³-hybridized carbons (Fsp3) is 0.179. The SMILES string of the molecule is C=CCOC(=O)C(CC#N)(C(=O)OC)C(c1ccccc1)c1nccc(-c2ccccc2)c1C#N. The van der Waals surface area contributed by atoms with E-state index < -0.39 is 29.7 Å². The monoisotopic (exact) mass is 465 g/mol. The average molecular weight is 466 g/mol. The van der Waals surface area contributed by atoms with Gasteiger partial charge in [0.1, 0.15) is 12.7 Å². The number of carbonyl (C=O) groups is 2. The van der Waals surface area contributed by atoms with Gasteiger partial charge in [0.2, 0.25) is 0 Å². The van der Waals surface area contributed by atoms with E-state index in [1.54, 1.807) is 36.4 Å². The third-order valence-corrected chi connectivity index (χ3v) is 5.68. The minimum atomic E-state index is -2.12. The standard InChI is InChI=1S/C28H23N3O4/c1-3-18-35-27(33)28(15-16-29,26(32)34-2)24(21-12-8-5-9-13-21)25-23(19-30)22(14-17-31-25)20-10-6-4-7-11-20/h3-14,17,24H,1,15,18H2,2H3. The van der Waals surface area contributed by atoms with Crippen molar-refractivity contribution >= 4 is 11.9 Å². The van der Waals surface area contributed by atoms with Crippen molar-refractivity contribution in [3.8, 4) is 23.3 Å². The summed E-state index contributed by atoms with van der Waals surface area (Å²) in [7, 11) is 1.14. The van der Waals surface area contributed by atoms with Gasteiger partial charge in [-0.05, 0) is 17.2 Å². The third kappa shape index (κ3) is 4.80. The summed E-state index contributed by atoms with van der Waals surface area (Å²) < 4.78 is 10.4. The smallest absolute Gasteiger partial charge is 0.325 e. The normalized spacial score (nSPS) is 12.8. The van der Waals surface area contributed by atoms with Gasteiger partial charge in [-0.1, -0.05) is 73.3 Å². The van der Waals surface area contributed by atoms with E-state index in [4.69, 9.17) is 9.47 Å². The molecular weight excluding hydrogens is 442 g/mol. The van der Waals surface area contributed by atoms with E-state index in [0.717, 1.165) is 12.7 Å². The Morgan fingerprint density at radius 3 is 2.29 bits per heavy atom. The Morgan fingerprint density at radius 2 is 1.71 bits per heavy atom. The van der Waals surface area contributed by atoms with Gasteiger partial charge in [0, 0.05) is 11.8 Å². The number of ether oxygens (including phenoxy) is 2. The summed E-state index contributed by atoms with van der Waals surface area (Å²) >= 11 is 0. The Kier molecular flexibility index (Phi) is 8.11. The highest BCUT2D eigenvalue weighted by atomic mass is 16.6. The second-order valence-electron chi connectivity index (χ2n) is 7.63. The molecule has 0 saturated heterocycles. The first kappa shape index (κ1) is 24.9. The molecule has 2 atom stereocenters. The number of carbonyl (C=O) groups excluding carboxylic acids is 2. The summed E-state index contributed by atoms with van der Waals surface area (Å²) in [4.78, 5) is 31.4. The van der Waals surface area contributed by atoms with Gasteiger partial charge in [-0.15, -0.1) is 0 Å². The van der Waals surface area contributed by atoms with E-state index in [1.807, 2.05) is 36.4 Å². The lowest BCUT2D eigenvalue weighted by atomic mass is 9.67. The predicted molar refractivity (Wildman–Crippen MR) is 129 cm³/mol. The lowest BCUT2D eigenvalue weighted by Crippen LogP contribution is -2.47. The van der Waals surface area contributed by atoms with Crippen LogP contribution in [0.2, 0.25) is 0 Å². The Labute approximate surface area is 203 Å². The summed E-state index contributed by atoms with van der Waals surface area (Å²) in [6.45, 7) is 3.37. The highest BCUT2D eigenvalue weighted by Gasteiger charge is 2.57. The maximum atomic E-state index is 13.5. The second kappa shape index (κ2) is 11.4. The molecule has 1 heterocycles. The first-order valence-corrected chi connectivity index (χ1v) is 10.8. The van der Waals surface area contributed by atoms with Gasteiger partial charge in [0.15, 0.2) is 5.41 Å². The zero-order valence-corrected chi connectivity index (χ0v) is 19.2. The van der Waals surface area contributed by atoms with E-state index >= 15 is 0 Å². The van der Waals surface area contributed by atoms with Gasteiger partial charge in [-0.2, -0.15) is 10.5 Å². The highest BCUT2D eigenvalue weighted by Crippen LogP contribution is 2.47. The quantitative estimate of drug-likeness (QED) is 0.259. The molecule has 3 rings (SSSR count). The molecule has 7 heteroatoms. The number of hydrogen-bond acceptors (Lipinski definition) is 7. The molecule has 0 aliphatic rings. The minimum absolute atomic E-state index is 0.163. The van der Waals surface area contributed by atoms with Crippen LogP contribution >= 0.6 is 0 Å². The van der Waals surface area contributed by atoms with E-state index in [-0.39, 0.29) is 17.9 Å². The van der Waals surface area contributed by atoms with Crippen molar-refractivity contribution in [1.29, 1.82) is 10.5 Å². The van der Waals surface area contributed by atoms with Crippen LogP contribution < -0.4 is 0 Å². The predicted octanol–water partition coefficient (Wildman–Crippen LogP) is 4.55. The van der Waals surface area contributed by atoms with Crippen molar-refractivity contribution in [3.05, 3.63) is 102 Å². The molecule has 174 valence electrons. The number of rotatable bonds is 9. The minimum Gasteiger partial charge on any atom is -0.468 e. The van der Waals surface area contributed by atoms with Crippen molar-refractivity contribution in [3.63, 3.8) is 0 Å². The largest absolute Gasteiger partial charge is 0.468 e. The Hall–Kier alpha value is -4.75. The summed E-state index contributed by atoms with van der Waals surface area (Å²) in [5, 5.41) is 20.0. The molecule has 0 N–H and O–H groups in total. The van der Waals surface area contributed by atoms with Crippen molar-refractivity contribution in [1.82, 2.24) is 4.98 Å². The van der Waals surface area contributed by atoms with Gasteiger partial charge in [0.25, 0.3) is 0 Å². The fourth-order valence-corrected chi connectivity index (χ4v) is 4.13. The lowest BCUT2D eigenvalue weighted by Gasteiger charge is -2.35. The Balaban J connectivity index is 2.41. The molecule has 0 saturated carbocycles. The molecule has 0 amide bonds. The van der Waals surface area contributed by atoms with Crippen LogP contribution in [0.25, 0.3) is 11.1 Å². The number of nitriles is 2. The lowest BCUT2D eigenvalue weighted by molar-refractivity contribution is -0.171. The number of nitrogens with zero attached hydrogens (tertiary/aromatic N) is 3. The molecule has 0 bridgehead atoms. The highest BCUT2D eigenvalue weighted by molar-refractivity contribution is 6.02. The molecule has 2 unspecified atom stereocenters. The van der Waals surface area contributed by atoms with E-state index in [2.05, 4.69) is 17.6 Å². The van der Waals surface area contributed by atoms with Crippen LogP contribution in [0.1, 0.15) is 29.2 Å². The van der Waals surface area contributed by atoms with Crippen LogP contribution in [-0.2, 0) is 19.1 Å². The molecule has 35 heavy (non-hydrogen) atoms. The molecule has 0 aliphatic heterocycles. The topological polar surface area (TPSA) is 113 Å². The maximum Gasteiger partial charge on any atom is 0.325 e. The van der Waals surface area contributed by atoms with Gasteiger partial charge in [-0.3, -0.25) is 14.6 Å². The Bertz CT molecular complexity index is 1290. The van der Waals surface area contributed by atoms with Crippen molar-refractivity contribution in [2.45, 2.75) is 12.3 Å². The van der Waals surface area contributed by atoms with E-state index in [0.29, 0.717) is 11.1 Å². The first-order chi connectivity index (χ1) is 17.0.